The second-order valence-electron chi connectivity index (χ2n) is 3.38. The molecular formula is C11H12ClN3O. The number of pyridine rings is 1. The van der Waals surface area contributed by atoms with Crippen molar-refractivity contribution in [3.05, 3.63) is 35.2 Å². The Balaban J connectivity index is 2.23. The number of fused-ring (bicyclic) bond motifs is 1. The Bertz CT molecular complexity index is 521. The zero-order chi connectivity index (χ0) is 11.5. The van der Waals surface area contributed by atoms with E-state index in [0.717, 1.165) is 11.3 Å². The van der Waals surface area contributed by atoms with Gasteiger partial charge in [0.25, 0.3) is 0 Å². The highest BCUT2D eigenvalue weighted by atomic mass is 35.5. The van der Waals surface area contributed by atoms with Crippen molar-refractivity contribution in [1.29, 1.82) is 5.41 Å². The second kappa shape index (κ2) is 4.53. The van der Waals surface area contributed by atoms with E-state index in [2.05, 4.69) is 4.98 Å². The summed E-state index contributed by atoms with van der Waals surface area (Å²) in [5.41, 5.74) is 1.63. The lowest BCUT2D eigenvalue weighted by Gasteiger charge is -2.00. The van der Waals surface area contributed by atoms with Crippen LogP contribution >= 0.6 is 11.6 Å². The largest absolute Gasteiger partial charge is 0.481 e. The molecule has 84 valence electrons. The third-order valence-electron chi connectivity index (χ3n) is 2.13. The zero-order valence-corrected chi connectivity index (χ0v) is 9.66. The zero-order valence-electron chi connectivity index (χ0n) is 8.90. The number of aromatic nitrogens is 2. The van der Waals surface area contributed by atoms with Crippen LogP contribution in [-0.4, -0.2) is 21.9 Å². The van der Waals surface area contributed by atoms with Gasteiger partial charge in [0.1, 0.15) is 5.65 Å². The third kappa shape index (κ3) is 2.33. The van der Waals surface area contributed by atoms with Gasteiger partial charge in [-0.2, -0.15) is 0 Å². The summed E-state index contributed by atoms with van der Waals surface area (Å²) >= 11 is 5.87. The molecule has 4 nitrogen and oxygen atoms in total. The molecule has 2 aromatic heterocycles. The summed E-state index contributed by atoms with van der Waals surface area (Å²) in [6.07, 6.45) is 4.06. The molecule has 0 aliphatic rings. The molecule has 0 unspecified atom stereocenters. The quantitative estimate of drug-likeness (QED) is 0.659. The maximum atomic E-state index is 7.54. The number of imidazole rings is 1. The van der Waals surface area contributed by atoms with Gasteiger partial charge in [-0.3, -0.25) is 5.41 Å². The molecule has 0 spiro atoms. The molecule has 2 rings (SSSR count). The van der Waals surface area contributed by atoms with Gasteiger partial charge in [-0.25, -0.2) is 4.98 Å². The fourth-order valence-electron chi connectivity index (χ4n) is 1.49. The lowest BCUT2D eigenvalue weighted by Crippen LogP contribution is -2.06. The molecule has 0 saturated carbocycles. The van der Waals surface area contributed by atoms with Crippen molar-refractivity contribution in [1.82, 2.24) is 9.38 Å². The number of halogens is 1. The van der Waals surface area contributed by atoms with Gasteiger partial charge in [0.05, 0.1) is 23.7 Å². The molecular weight excluding hydrogens is 226 g/mol. The van der Waals surface area contributed by atoms with Crippen LogP contribution in [0.25, 0.3) is 5.65 Å². The molecule has 0 amide bonds. The molecule has 16 heavy (non-hydrogen) atoms. The van der Waals surface area contributed by atoms with Crippen molar-refractivity contribution in [3.8, 4) is 0 Å². The number of nitrogens with zero attached hydrogens (tertiary/aromatic N) is 2. The van der Waals surface area contributed by atoms with Crippen LogP contribution < -0.4 is 0 Å². The lowest BCUT2D eigenvalue weighted by atomic mass is 10.3. The van der Waals surface area contributed by atoms with Gasteiger partial charge < -0.3 is 9.14 Å². The summed E-state index contributed by atoms with van der Waals surface area (Å²) in [6, 6.07) is 3.64. The van der Waals surface area contributed by atoms with Gasteiger partial charge in [0.15, 0.2) is 5.90 Å². The molecule has 5 heteroatoms. The number of nitrogens with one attached hydrogen (secondary N) is 1. The monoisotopic (exact) mass is 237 g/mol. The van der Waals surface area contributed by atoms with E-state index in [1.54, 1.807) is 12.3 Å². The lowest BCUT2D eigenvalue weighted by molar-refractivity contribution is 0.316. The van der Waals surface area contributed by atoms with E-state index in [-0.39, 0.29) is 5.90 Å². The Morgan fingerprint density at radius 3 is 3.06 bits per heavy atom. The minimum absolute atomic E-state index is 0.233. The van der Waals surface area contributed by atoms with Crippen molar-refractivity contribution >= 4 is 23.1 Å². The molecule has 0 radical (unpaired) electrons. The Morgan fingerprint density at radius 1 is 1.50 bits per heavy atom. The first-order valence-corrected chi connectivity index (χ1v) is 5.40. The van der Waals surface area contributed by atoms with E-state index >= 15 is 0 Å². The fraction of sp³-hybridized carbons (Fsp3) is 0.273. The van der Waals surface area contributed by atoms with Crippen LogP contribution in [0, 0.1) is 5.41 Å². The summed E-state index contributed by atoms with van der Waals surface area (Å²) in [5.74, 6) is 0.233. The normalized spacial score (nSPS) is 10.6. The van der Waals surface area contributed by atoms with E-state index < -0.39 is 0 Å². The summed E-state index contributed by atoms with van der Waals surface area (Å²) in [5, 5.41) is 8.21. The number of rotatable bonds is 3. The number of hydrogen-bond acceptors (Lipinski definition) is 3. The van der Waals surface area contributed by atoms with Gasteiger partial charge in [-0.15, -0.1) is 0 Å². The summed E-state index contributed by atoms with van der Waals surface area (Å²) in [7, 11) is 0. The van der Waals surface area contributed by atoms with Gasteiger partial charge in [0, 0.05) is 12.4 Å². The fourth-order valence-corrected chi connectivity index (χ4v) is 1.66. The molecule has 0 aliphatic heterocycles. The van der Waals surface area contributed by atoms with Gasteiger partial charge >= 0.3 is 0 Å². The van der Waals surface area contributed by atoms with Crippen molar-refractivity contribution in [3.63, 3.8) is 0 Å². The van der Waals surface area contributed by atoms with Gasteiger partial charge in [-0.05, 0) is 19.1 Å². The van der Waals surface area contributed by atoms with Crippen LogP contribution in [0.4, 0.5) is 0 Å². The molecule has 2 heterocycles. The topological polar surface area (TPSA) is 50.4 Å². The summed E-state index contributed by atoms with van der Waals surface area (Å²) in [6.45, 7) is 2.37. The molecule has 0 bridgehead atoms. The predicted molar refractivity (Wildman–Crippen MR) is 63.3 cm³/mol. The molecule has 1 N–H and O–H groups in total. The van der Waals surface area contributed by atoms with Crippen LogP contribution in [0.1, 0.15) is 12.6 Å². The molecule has 0 aliphatic carbocycles. The number of ether oxygens (including phenoxy) is 1. The minimum Gasteiger partial charge on any atom is -0.481 e. The third-order valence-corrected chi connectivity index (χ3v) is 2.35. The maximum Gasteiger partial charge on any atom is 0.186 e. The SMILES string of the molecule is CCOC(=N)Cc1cn2cc(Cl)ccc2n1. The Labute approximate surface area is 98.3 Å². The Morgan fingerprint density at radius 2 is 2.31 bits per heavy atom. The average Bonchev–Trinajstić information content (AvgIpc) is 2.59. The van der Waals surface area contributed by atoms with E-state index in [0.29, 0.717) is 18.1 Å². The Kier molecular flexibility index (Phi) is 3.10. The van der Waals surface area contributed by atoms with Crippen molar-refractivity contribution in [2.24, 2.45) is 0 Å². The average molecular weight is 238 g/mol. The molecule has 0 aromatic carbocycles. The number of hydrogen-bond donors (Lipinski definition) is 1. The smallest absolute Gasteiger partial charge is 0.186 e. The van der Waals surface area contributed by atoms with Crippen molar-refractivity contribution in [2.75, 3.05) is 6.61 Å². The van der Waals surface area contributed by atoms with E-state index in [9.17, 15) is 0 Å². The van der Waals surface area contributed by atoms with Crippen LogP contribution in [0.3, 0.4) is 0 Å². The molecule has 2 aromatic rings. The minimum atomic E-state index is 0.233. The molecule has 0 atom stereocenters. The van der Waals surface area contributed by atoms with Crippen LogP contribution in [-0.2, 0) is 11.2 Å². The molecule has 0 saturated heterocycles. The van der Waals surface area contributed by atoms with Crippen LogP contribution in [0.15, 0.2) is 24.5 Å². The van der Waals surface area contributed by atoms with Crippen LogP contribution in [0.2, 0.25) is 5.02 Å². The first-order valence-electron chi connectivity index (χ1n) is 5.02. The summed E-state index contributed by atoms with van der Waals surface area (Å²) < 4.78 is 6.92. The molecule has 0 fully saturated rings. The Hall–Kier alpha value is -1.55. The first-order chi connectivity index (χ1) is 7.69. The highest BCUT2D eigenvalue weighted by Crippen LogP contribution is 2.12. The van der Waals surface area contributed by atoms with E-state index in [1.807, 2.05) is 23.6 Å². The van der Waals surface area contributed by atoms with E-state index in [1.165, 1.54) is 0 Å². The van der Waals surface area contributed by atoms with E-state index in [4.69, 9.17) is 21.7 Å². The maximum absolute atomic E-state index is 7.54. The van der Waals surface area contributed by atoms with Crippen molar-refractivity contribution < 1.29 is 4.74 Å². The summed E-state index contributed by atoms with van der Waals surface area (Å²) in [4.78, 5) is 4.36. The van der Waals surface area contributed by atoms with Crippen molar-refractivity contribution in [2.45, 2.75) is 13.3 Å². The first kappa shape index (κ1) is 11.0. The highest BCUT2D eigenvalue weighted by molar-refractivity contribution is 6.30. The van der Waals surface area contributed by atoms with Crippen LogP contribution in [0.5, 0.6) is 0 Å². The van der Waals surface area contributed by atoms with Gasteiger partial charge in [0.2, 0.25) is 0 Å². The van der Waals surface area contributed by atoms with Gasteiger partial charge in [-0.1, -0.05) is 11.6 Å². The highest BCUT2D eigenvalue weighted by Gasteiger charge is 2.05. The predicted octanol–water partition coefficient (Wildman–Crippen LogP) is 2.54. The second-order valence-corrected chi connectivity index (χ2v) is 3.81. The standard InChI is InChI=1S/C11H12ClN3O/c1-2-16-10(13)5-9-7-15-6-8(12)3-4-11(15)14-9/h3-4,6-7,13H,2,5H2,1H3.